The number of hydrogen-bond donors (Lipinski definition) is 3. The van der Waals surface area contributed by atoms with Crippen molar-refractivity contribution >= 4 is 56.0 Å². The summed E-state index contributed by atoms with van der Waals surface area (Å²) >= 11 is 7.18. The lowest BCUT2D eigenvalue weighted by molar-refractivity contribution is 0.0602. The minimum absolute atomic E-state index is 0.0329. The number of rotatable bonds is 5. The molecule has 0 atom stereocenters. The molecule has 0 aliphatic heterocycles. The van der Waals surface area contributed by atoms with Gasteiger partial charge >= 0.3 is 5.97 Å². The van der Waals surface area contributed by atoms with Crippen molar-refractivity contribution < 1.29 is 17.9 Å². The fraction of sp³-hybridized carbons (Fsp3) is 0.0556. The third kappa shape index (κ3) is 4.06. The Balaban J connectivity index is 1.91. The van der Waals surface area contributed by atoms with Gasteiger partial charge in [-0.2, -0.15) is 0 Å². The monoisotopic (exact) mass is 437 g/mol. The summed E-state index contributed by atoms with van der Waals surface area (Å²) in [6.45, 7) is 0. The van der Waals surface area contributed by atoms with Crippen LogP contribution in [0, 0.1) is 0 Å². The summed E-state index contributed by atoms with van der Waals surface area (Å²) in [5, 5.41) is 0. The number of ether oxygens (including phenoxy) is 1. The molecule has 3 aromatic rings. The van der Waals surface area contributed by atoms with Crippen molar-refractivity contribution in [2.75, 3.05) is 23.3 Å². The Kier molecular flexibility index (Phi) is 5.50. The van der Waals surface area contributed by atoms with Crippen molar-refractivity contribution in [1.29, 1.82) is 0 Å². The number of nitrogens with one attached hydrogen (secondary N) is 1. The Morgan fingerprint density at radius 3 is 2.54 bits per heavy atom. The van der Waals surface area contributed by atoms with Gasteiger partial charge in [-0.15, -0.1) is 11.3 Å². The zero-order chi connectivity index (χ0) is 20.5. The zero-order valence-corrected chi connectivity index (χ0v) is 17.0. The highest BCUT2D eigenvalue weighted by molar-refractivity contribution is 7.94. The second-order valence-corrected chi connectivity index (χ2v) is 9.34. The Hall–Kier alpha value is -2.75. The maximum absolute atomic E-state index is 12.7. The lowest BCUT2D eigenvalue weighted by Gasteiger charge is -2.09. The van der Waals surface area contributed by atoms with Crippen LogP contribution in [0.15, 0.2) is 52.7 Å². The number of halogens is 1. The summed E-state index contributed by atoms with van der Waals surface area (Å²) in [6.07, 6.45) is 0. The van der Waals surface area contributed by atoms with Gasteiger partial charge in [-0.3, -0.25) is 4.72 Å². The van der Waals surface area contributed by atoms with E-state index < -0.39 is 16.0 Å². The van der Waals surface area contributed by atoms with Crippen LogP contribution in [0.5, 0.6) is 0 Å². The van der Waals surface area contributed by atoms with Gasteiger partial charge in [-0.05, 0) is 42.0 Å². The highest BCUT2D eigenvalue weighted by Crippen LogP contribution is 2.39. The summed E-state index contributed by atoms with van der Waals surface area (Å²) in [6, 6.07) is 12.6. The normalized spacial score (nSPS) is 11.2. The molecule has 146 valence electrons. The van der Waals surface area contributed by atoms with E-state index in [1.807, 2.05) is 0 Å². The predicted octanol–water partition coefficient (Wildman–Crippen LogP) is 3.82. The van der Waals surface area contributed by atoms with Crippen LogP contribution in [-0.2, 0) is 14.8 Å². The maximum atomic E-state index is 12.7. The molecule has 3 rings (SSSR count). The topological polar surface area (TPSA) is 125 Å². The molecule has 0 unspecified atom stereocenters. The Bertz CT molecular complexity index is 1160. The van der Waals surface area contributed by atoms with Crippen molar-refractivity contribution in [2.24, 2.45) is 0 Å². The average Bonchev–Trinajstić information content (AvgIpc) is 3.04. The summed E-state index contributed by atoms with van der Waals surface area (Å²) in [7, 11) is -2.67. The smallest absolute Gasteiger partial charge is 0.339 e. The first-order valence-corrected chi connectivity index (χ1v) is 10.5. The molecule has 0 aliphatic rings. The molecular formula is C18H16ClN3O4S2. The molecule has 0 saturated heterocycles. The molecule has 0 amide bonds. The van der Waals surface area contributed by atoms with E-state index in [-0.39, 0.29) is 21.1 Å². The first-order chi connectivity index (χ1) is 13.2. The molecule has 7 nitrogen and oxygen atoms in total. The number of carbonyl (C=O) groups excluding carboxylic acids is 1. The molecule has 2 aromatic carbocycles. The molecule has 0 radical (unpaired) electrons. The zero-order valence-electron chi connectivity index (χ0n) is 14.6. The SMILES string of the molecule is COC(=O)c1ccc(NS(=O)(=O)c2cc(-c3cccc(N)c3)c(Cl)s2)cc1N. The number of nitrogen functional groups attached to an aromatic ring is 2. The summed E-state index contributed by atoms with van der Waals surface area (Å²) in [5.41, 5.74) is 13.9. The van der Waals surface area contributed by atoms with Crippen LogP contribution in [-0.4, -0.2) is 21.5 Å². The fourth-order valence-electron chi connectivity index (χ4n) is 2.51. The van der Waals surface area contributed by atoms with Crippen molar-refractivity contribution in [1.82, 2.24) is 0 Å². The minimum atomic E-state index is -3.91. The molecule has 1 aromatic heterocycles. The van der Waals surface area contributed by atoms with Crippen molar-refractivity contribution in [3.05, 3.63) is 58.4 Å². The molecule has 0 spiro atoms. The number of esters is 1. The van der Waals surface area contributed by atoms with Gasteiger partial charge in [0.2, 0.25) is 0 Å². The minimum Gasteiger partial charge on any atom is -0.465 e. The van der Waals surface area contributed by atoms with Crippen LogP contribution in [0.3, 0.4) is 0 Å². The van der Waals surface area contributed by atoms with E-state index in [0.29, 0.717) is 15.6 Å². The lowest BCUT2D eigenvalue weighted by Crippen LogP contribution is -2.12. The largest absolute Gasteiger partial charge is 0.465 e. The van der Waals surface area contributed by atoms with Crippen LogP contribution in [0.2, 0.25) is 4.34 Å². The standard InChI is InChI=1S/C18H16ClN3O4S2/c1-26-18(23)13-6-5-12(8-15(13)21)22-28(24,25)16-9-14(17(19)27-16)10-3-2-4-11(20)7-10/h2-9,22H,20-21H2,1H3. The van der Waals surface area contributed by atoms with Crippen molar-refractivity contribution in [3.8, 4) is 11.1 Å². The molecule has 5 N–H and O–H groups in total. The quantitative estimate of drug-likeness (QED) is 0.411. The van der Waals surface area contributed by atoms with Crippen LogP contribution in [0.1, 0.15) is 10.4 Å². The van der Waals surface area contributed by atoms with E-state index in [4.69, 9.17) is 23.1 Å². The highest BCUT2D eigenvalue weighted by Gasteiger charge is 2.21. The third-order valence-corrected chi connectivity index (χ3v) is 7.05. The van der Waals surface area contributed by atoms with E-state index in [0.717, 1.165) is 16.9 Å². The number of sulfonamides is 1. The fourth-order valence-corrected chi connectivity index (χ4v) is 5.33. The van der Waals surface area contributed by atoms with Gasteiger partial charge in [-0.25, -0.2) is 13.2 Å². The Morgan fingerprint density at radius 2 is 1.89 bits per heavy atom. The third-order valence-electron chi connectivity index (χ3n) is 3.84. The molecule has 28 heavy (non-hydrogen) atoms. The van der Waals surface area contributed by atoms with Crippen LogP contribution in [0.25, 0.3) is 11.1 Å². The molecule has 0 fully saturated rings. The number of methoxy groups -OCH3 is 1. The number of hydrogen-bond acceptors (Lipinski definition) is 7. The number of nitrogens with two attached hydrogens (primary N) is 2. The number of benzene rings is 2. The Morgan fingerprint density at radius 1 is 1.14 bits per heavy atom. The van der Waals surface area contributed by atoms with Gasteiger partial charge < -0.3 is 16.2 Å². The van der Waals surface area contributed by atoms with Crippen molar-refractivity contribution in [3.63, 3.8) is 0 Å². The van der Waals surface area contributed by atoms with Gasteiger partial charge in [0.1, 0.15) is 8.55 Å². The maximum Gasteiger partial charge on any atom is 0.339 e. The lowest BCUT2D eigenvalue weighted by atomic mass is 10.1. The molecule has 1 heterocycles. The van der Waals surface area contributed by atoms with Crippen molar-refractivity contribution in [2.45, 2.75) is 4.21 Å². The van der Waals surface area contributed by atoms with E-state index in [1.165, 1.54) is 31.4 Å². The van der Waals surface area contributed by atoms with Gasteiger partial charge in [0.25, 0.3) is 10.0 Å². The van der Waals surface area contributed by atoms with Gasteiger partial charge in [0.15, 0.2) is 0 Å². The number of thiophene rings is 1. The van der Waals surface area contributed by atoms with Crippen LogP contribution >= 0.6 is 22.9 Å². The Labute approximate surface area is 170 Å². The van der Waals surface area contributed by atoms with Gasteiger partial charge in [0, 0.05) is 16.9 Å². The summed E-state index contributed by atoms with van der Waals surface area (Å²) < 4.78 is 32.9. The molecule has 10 heteroatoms. The first-order valence-electron chi connectivity index (χ1n) is 7.87. The van der Waals surface area contributed by atoms with E-state index >= 15 is 0 Å². The second-order valence-electron chi connectivity index (χ2n) is 5.78. The second kappa shape index (κ2) is 7.70. The number of anilines is 3. The summed E-state index contributed by atoms with van der Waals surface area (Å²) in [5.74, 6) is -0.608. The molecular weight excluding hydrogens is 422 g/mol. The van der Waals surface area contributed by atoms with E-state index in [2.05, 4.69) is 9.46 Å². The van der Waals surface area contributed by atoms with E-state index in [9.17, 15) is 13.2 Å². The van der Waals surface area contributed by atoms with Crippen LogP contribution in [0.4, 0.5) is 17.1 Å². The first kappa shape index (κ1) is 20.0. The molecule has 0 bridgehead atoms. The highest BCUT2D eigenvalue weighted by atomic mass is 35.5. The van der Waals surface area contributed by atoms with Crippen LogP contribution < -0.4 is 16.2 Å². The van der Waals surface area contributed by atoms with Gasteiger partial charge in [0.05, 0.1) is 18.4 Å². The van der Waals surface area contributed by atoms with E-state index in [1.54, 1.807) is 24.3 Å². The number of carbonyl (C=O) groups is 1. The summed E-state index contributed by atoms with van der Waals surface area (Å²) in [4.78, 5) is 11.6. The predicted molar refractivity (Wildman–Crippen MR) is 112 cm³/mol. The van der Waals surface area contributed by atoms with Gasteiger partial charge in [-0.1, -0.05) is 23.7 Å². The average molecular weight is 438 g/mol. The molecule has 0 aliphatic carbocycles. The molecule has 0 saturated carbocycles.